The van der Waals surface area contributed by atoms with Crippen molar-refractivity contribution in [1.29, 1.82) is 0 Å². The zero-order valence-electron chi connectivity index (χ0n) is 10.1. The molecule has 0 unspecified atom stereocenters. The van der Waals surface area contributed by atoms with Crippen molar-refractivity contribution in [2.45, 2.75) is 26.6 Å². The highest BCUT2D eigenvalue weighted by atomic mass is 19.4. The summed E-state index contributed by atoms with van der Waals surface area (Å²) in [4.78, 5) is 0. The van der Waals surface area contributed by atoms with Crippen LogP contribution in [0.15, 0.2) is 12.1 Å². The van der Waals surface area contributed by atoms with Crippen molar-refractivity contribution in [3.8, 4) is 5.75 Å². The topological polar surface area (TPSA) is 21.3 Å². The van der Waals surface area contributed by atoms with Gasteiger partial charge >= 0.3 is 6.18 Å². The van der Waals surface area contributed by atoms with Crippen LogP contribution in [-0.2, 0) is 6.54 Å². The lowest BCUT2D eigenvalue weighted by atomic mass is 10.1. The maximum Gasteiger partial charge on any atom is 0.401 e. The van der Waals surface area contributed by atoms with E-state index < -0.39 is 12.7 Å². The summed E-state index contributed by atoms with van der Waals surface area (Å²) in [6.07, 6.45) is -4.19. The lowest BCUT2D eigenvalue weighted by Crippen LogP contribution is -2.28. The van der Waals surface area contributed by atoms with Crippen molar-refractivity contribution >= 4 is 0 Å². The first-order chi connectivity index (χ1) is 7.83. The normalized spacial score (nSPS) is 11.6. The number of alkyl halides is 3. The first-order valence-electron chi connectivity index (χ1n) is 5.25. The molecule has 1 aromatic rings. The average Bonchev–Trinajstić information content (AvgIpc) is 2.14. The second-order valence-electron chi connectivity index (χ2n) is 3.99. The van der Waals surface area contributed by atoms with E-state index >= 15 is 0 Å². The third kappa shape index (κ3) is 4.26. The van der Waals surface area contributed by atoms with Crippen LogP contribution in [0.4, 0.5) is 13.2 Å². The Hall–Kier alpha value is -1.23. The van der Waals surface area contributed by atoms with E-state index in [4.69, 9.17) is 4.74 Å². The Morgan fingerprint density at radius 2 is 1.88 bits per heavy atom. The fraction of sp³-hybridized carbons (Fsp3) is 0.500. The van der Waals surface area contributed by atoms with Gasteiger partial charge in [-0.3, -0.25) is 0 Å². The van der Waals surface area contributed by atoms with Crippen molar-refractivity contribution < 1.29 is 17.9 Å². The fourth-order valence-electron chi connectivity index (χ4n) is 1.80. The molecule has 0 aliphatic heterocycles. The summed E-state index contributed by atoms with van der Waals surface area (Å²) in [5.74, 6) is 0.644. The number of ether oxygens (including phenoxy) is 1. The molecule has 0 radical (unpaired) electrons. The smallest absolute Gasteiger partial charge is 0.401 e. The molecule has 1 N–H and O–H groups in total. The molecule has 0 spiro atoms. The summed E-state index contributed by atoms with van der Waals surface area (Å²) >= 11 is 0. The SMILES string of the molecule is COc1c(C)cc(C)cc1CNCC(F)(F)F. The van der Waals surface area contributed by atoms with Crippen LogP contribution < -0.4 is 10.1 Å². The molecule has 0 bridgehead atoms. The molecular formula is C12H16F3NO. The third-order valence-electron chi connectivity index (χ3n) is 2.34. The Morgan fingerprint density at radius 3 is 2.41 bits per heavy atom. The number of hydrogen-bond donors (Lipinski definition) is 1. The first kappa shape index (κ1) is 13.8. The molecule has 0 saturated carbocycles. The van der Waals surface area contributed by atoms with Crippen molar-refractivity contribution in [1.82, 2.24) is 5.32 Å². The summed E-state index contributed by atoms with van der Waals surface area (Å²) in [6, 6.07) is 3.77. The molecule has 17 heavy (non-hydrogen) atoms. The molecule has 0 heterocycles. The summed E-state index contributed by atoms with van der Waals surface area (Å²) in [5, 5.41) is 2.37. The minimum absolute atomic E-state index is 0.144. The predicted octanol–water partition coefficient (Wildman–Crippen LogP) is 2.96. The lowest BCUT2D eigenvalue weighted by molar-refractivity contribution is -0.125. The second-order valence-corrected chi connectivity index (χ2v) is 3.99. The van der Waals surface area contributed by atoms with Gasteiger partial charge in [-0.15, -0.1) is 0 Å². The maximum atomic E-state index is 12.0. The van der Waals surface area contributed by atoms with Gasteiger partial charge in [0.05, 0.1) is 13.7 Å². The number of rotatable bonds is 4. The van der Waals surface area contributed by atoms with Gasteiger partial charge in [0, 0.05) is 12.1 Å². The number of halogens is 3. The van der Waals surface area contributed by atoms with Crippen LogP contribution in [0.2, 0.25) is 0 Å². The minimum Gasteiger partial charge on any atom is -0.496 e. The number of benzene rings is 1. The Morgan fingerprint density at radius 1 is 1.24 bits per heavy atom. The molecule has 0 atom stereocenters. The van der Waals surface area contributed by atoms with Crippen LogP contribution in [0.3, 0.4) is 0 Å². The predicted molar refractivity (Wildman–Crippen MR) is 60.2 cm³/mol. The van der Waals surface area contributed by atoms with Gasteiger partial charge in [0.25, 0.3) is 0 Å². The van der Waals surface area contributed by atoms with Gasteiger partial charge in [0.2, 0.25) is 0 Å². The third-order valence-corrected chi connectivity index (χ3v) is 2.34. The van der Waals surface area contributed by atoms with Crippen molar-refractivity contribution in [2.24, 2.45) is 0 Å². The fourth-order valence-corrected chi connectivity index (χ4v) is 1.80. The van der Waals surface area contributed by atoms with Crippen LogP contribution in [0, 0.1) is 13.8 Å². The summed E-state index contributed by atoms with van der Waals surface area (Å²) in [5.41, 5.74) is 2.68. The van der Waals surface area contributed by atoms with E-state index in [1.165, 1.54) is 7.11 Å². The second kappa shape index (κ2) is 5.40. The Labute approximate surface area is 98.8 Å². The van der Waals surface area contributed by atoms with Crippen molar-refractivity contribution in [2.75, 3.05) is 13.7 Å². The highest BCUT2D eigenvalue weighted by molar-refractivity contribution is 5.43. The Balaban J connectivity index is 2.76. The number of aryl methyl sites for hydroxylation is 2. The van der Waals surface area contributed by atoms with E-state index in [9.17, 15) is 13.2 Å². The molecule has 0 saturated heterocycles. The molecule has 0 fully saturated rings. The first-order valence-corrected chi connectivity index (χ1v) is 5.25. The summed E-state index contributed by atoms with van der Waals surface area (Å²) in [6.45, 7) is 2.92. The van der Waals surface area contributed by atoms with Gasteiger partial charge in [-0.25, -0.2) is 0 Å². The summed E-state index contributed by atoms with van der Waals surface area (Å²) in [7, 11) is 1.52. The van der Waals surface area contributed by atoms with Gasteiger partial charge < -0.3 is 10.1 Å². The maximum absolute atomic E-state index is 12.0. The molecule has 5 heteroatoms. The molecule has 1 aromatic carbocycles. The zero-order chi connectivity index (χ0) is 13.1. The molecule has 0 aromatic heterocycles. The quantitative estimate of drug-likeness (QED) is 0.883. The van der Waals surface area contributed by atoms with Crippen molar-refractivity contribution in [3.63, 3.8) is 0 Å². The van der Waals surface area contributed by atoms with Gasteiger partial charge in [0.1, 0.15) is 5.75 Å². The molecule has 0 aliphatic rings. The Bertz CT molecular complexity index is 388. The van der Waals surface area contributed by atoms with E-state index in [2.05, 4.69) is 5.32 Å². The molecule has 2 nitrogen and oxygen atoms in total. The van der Waals surface area contributed by atoms with E-state index in [0.29, 0.717) is 5.75 Å². The van der Waals surface area contributed by atoms with Gasteiger partial charge in [0.15, 0.2) is 0 Å². The van der Waals surface area contributed by atoms with E-state index in [1.54, 1.807) is 0 Å². The number of hydrogen-bond acceptors (Lipinski definition) is 2. The number of methoxy groups -OCH3 is 1. The molecular weight excluding hydrogens is 231 g/mol. The highest BCUT2D eigenvalue weighted by Crippen LogP contribution is 2.25. The van der Waals surface area contributed by atoms with Crippen LogP contribution >= 0.6 is 0 Å². The van der Waals surface area contributed by atoms with Gasteiger partial charge in [-0.1, -0.05) is 17.7 Å². The van der Waals surface area contributed by atoms with Gasteiger partial charge in [-0.05, 0) is 19.4 Å². The molecule has 96 valence electrons. The van der Waals surface area contributed by atoms with Gasteiger partial charge in [-0.2, -0.15) is 13.2 Å². The van der Waals surface area contributed by atoms with E-state index in [-0.39, 0.29) is 6.54 Å². The summed E-state index contributed by atoms with van der Waals surface area (Å²) < 4.78 is 41.2. The van der Waals surface area contributed by atoms with Crippen LogP contribution in [-0.4, -0.2) is 19.8 Å². The molecule has 0 aliphatic carbocycles. The van der Waals surface area contributed by atoms with Crippen LogP contribution in [0.25, 0.3) is 0 Å². The highest BCUT2D eigenvalue weighted by Gasteiger charge is 2.26. The number of nitrogens with one attached hydrogen (secondary N) is 1. The van der Waals surface area contributed by atoms with Crippen molar-refractivity contribution in [3.05, 3.63) is 28.8 Å². The largest absolute Gasteiger partial charge is 0.496 e. The zero-order valence-corrected chi connectivity index (χ0v) is 10.1. The minimum atomic E-state index is -4.19. The monoisotopic (exact) mass is 247 g/mol. The van der Waals surface area contributed by atoms with Crippen LogP contribution in [0.1, 0.15) is 16.7 Å². The standard InChI is InChI=1S/C12H16F3NO/c1-8-4-9(2)11(17-3)10(5-8)6-16-7-12(13,14)15/h4-5,16H,6-7H2,1-3H3. The molecule has 0 amide bonds. The average molecular weight is 247 g/mol. The Kier molecular flexibility index (Phi) is 4.40. The van der Waals surface area contributed by atoms with E-state index in [1.807, 2.05) is 26.0 Å². The van der Waals surface area contributed by atoms with Crippen LogP contribution in [0.5, 0.6) is 5.75 Å². The molecule has 1 rings (SSSR count). The van der Waals surface area contributed by atoms with E-state index in [0.717, 1.165) is 16.7 Å². The lowest BCUT2D eigenvalue weighted by Gasteiger charge is -2.14.